The summed E-state index contributed by atoms with van der Waals surface area (Å²) in [5.41, 5.74) is -0.0660. The van der Waals surface area contributed by atoms with Crippen molar-refractivity contribution < 1.29 is 18.1 Å². The number of rotatable bonds is 3. The molecule has 22 heavy (non-hydrogen) atoms. The fraction of sp³-hybridized carbons (Fsp3) is 0.0769. The van der Waals surface area contributed by atoms with E-state index in [1.807, 2.05) is 0 Å². The number of sulfonamides is 1. The predicted molar refractivity (Wildman–Crippen MR) is 80.5 cm³/mol. The highest BCUT2D eigenvalue weighted by Crippen LogP contribution is 2.24. The summed E-state index contributed by atoms with van der Waals surface area (Å²) in [6.45, 7) is 1.50. The second-order valence-electron chi connectivity index (χ2n) is 4.39. The first kappa shape index (κ1) is 16.1. The topological polar surface area (TPSA) is 107 Å². The third-order valence-corrected chi connectivity index (χ3v) is 4.54. The molecule has 0 atom stereocenters. The Morgan fingerprint density at radius 3 is 2.55 bits per heavy atom. The molecule has 1 aromatic rings. The number of nitro benzene ring substituents is 1. The molecule has 0 radical (unpaired) electrons. The van der Waals surface area contributed by atoms with Crippen LogP contribution >= 0.6 is 11.6 Å². The first-order valence-corrected chi connectivity index (χ1v) is 7.72. The summed E-state index contributed by atoms with van der Waals surface area (Å²) in [5.74, 6) is -0.454. The molecule has 0 N–H and O–H groups in total. The summed E-state index contributed by atoms with van der Waals surface area (Å²) in [7, 11) is -4.17. The van der Waals surface area contributed by atoms with E-state index in [1.54, 1.807) is 0 Å². The SMILES string of the molecule is Cc1ccc([N+](=O)[O-])cc1S(=O)(=O)N=C1C=CC(=O)C(Cl)=C1. The molecule has 9 heteroatoms. The van der Waals surface area contributed by atoms with Gasteiger partial charge in [-0.2, -0.15) is 12.8 Å². The van der Waals surface area contributed by atoms with Crippen LogP contribution < -0.4 is 0 Å². The molecule has 0 spiro atoms. The Morgan fingerprint density at radius 2 is 1.95 bits per heavy atom. The van der Waals surface area contributed by atoms with E-state index in [9.17, 15) is 23.3 Å². The molecule has 0 saturated heterocycles. The van der Waals surface area contributed by atoms with Gasteiger partial charge in [0.05, 0.1) is 20.6 Å². The molecule has 1 aliphatic carbocycles. The summed E-state index contributed by atoms with van der Waals surface area (Å²) in [5, 5.41) is 10.6. The normalized spacial score (nSPS) is 16.7. The van der Waals surface area contributed by atoms with Gasteiger partial charge >= 0.3 is 0 Å². The molecule has 0 saturated carbocycles. The minimum absolute atomic E-state index is 0.0319. The quantitative estimate of drug-likeness (QED) is 0.476. The van der Waals surface area contributed by atoms with Gasteiger partial charge in [-0.1, -0.05) is 17.7 Å². The lowest BCUT2D eigenvalue weighted by molar-refractivity contribution is -0.385. The molecule has 114 valence electrons. The van der Waals surface area contributed by atoms with Gasteiger partial charge in [0, 0.05) is 12.1 Å². The van der Waals surface area contributed by atoms with Crippen molar-refractivity contribution in [1.29, 1.82) is 0 Å². The van der Waals surface area contributed by atoms with Crippen molar-refractivity contribution in [3.05, 3.63) is 57.1 Å². The first-order chi connectivity index (χ1) is 10.2. The second-order valence-corrected chi connectivity index (χ2v) is 6.37. The number of carbonyl (C=O) groups is 1. The Kier molecular flexibility index (Phi) is 4.25. The largest absolute Gasteiger partial charge is 0.288 e. The van der Waals surface area contributed by atoms with Gasteiger partial charge in [-0.05, 0) is 30.7 Å². The van der Waals surface area contributed by atoms with Crippen LogP contribution in [0.5, 0.6) is 0 Å². The van der Waals surface area contributed by atoms with Crippen molar-refractivity contribution in [2.24, 2.45) is 4.40 Å². The molecule has 0 heterocycles. The van der Waals surface area contributed by atoms with Crippen LogP contribution in [0.15, 0.2) is 50.8 Å². The van der Waals surface area contributed by atoms with Gasteiger partial charge in [0.2, 0.25) is 0 Å². The third-order valence-electron chi connectivity index (χ3n) is 2.80. The van der Waals surface area contributed by atoms with Crippen molar-refractivity contribution in [1.82, 2.24) is 0 Å². The molecule has 1 aromatic carbocycles. The number of nitro groups is 1. The lowest BCUT2D eigenvalue weighted by atomic mass is 10.2. The zero-order chi connectivity index (χ0) is 16.5. The maximum atomic E-state index is 12.3. The van der Waals surface area contributed by atoms with E-state index in [0.717, 1.165) is 18.2 Å². The smallest absolute Gasteiger partial charge is 0.283 e. The third kappa shape index (κ3) is 3.29. The number of hydrogen-bond acceptors (Lipinski definition) is 5. The van der Waals surface area contributed by atoms with Gasteiger partial charge in [-0.15, -0.1) is 0 Å². The average molecular weight is 341 g/mol. The Labute approximate surface area is 130 Å². The number of halogens is 1. The molecular weight excluding hydrogens is 332 g/mol. The number of nitrogens with zero attached hydrogens (tertiary/aromatic N) is 2. The maximum absolute atomic E-state index is 12.3. The summed E-state index contributed by atoms with van der Waals surface area (Å²) in [6, 6.07) is 3.48. The Bertz CT molecular complexity index is 868. The van der Waals surface area contributed by atoms with Crippen LogP contribution in [0.25, 0.3) is 0 Å². The molecule has 1 aliphatic rings. The zero-order valence-electron chi connectivity index (χ0n) is 11.2. The van der Waals surface area contributed by atoms with Gasteiger partial charge in [0.25, 0.3) is 15.7 Å². The van der Waals surface area contributed by atoms with Gasteiger partial charge in [-0.25, -0.2) is 0 Å². The second kappa shape index (κ2) is 5.82. The molecule has 0 bridgehead atoms. The number of hydrogen-bond donors (Lipinski definition) is 0. The highest BCUT2D eigenvalue weighted by molar-refractivity contribution is 7.90. The summed E-state index contributed by atoms with van der Waals surface area (Å²) < 4.78 is 28.1. The average Bonchev–Trinajstić information content (AvgIpc) is 2.42. The van der Waals surface area contributed by atoms with E-state index in [0.29, 0.717) is 5.56 Å². The molecule has 0 unspecified atom stereocenters. The highest BCUT2D eigenvalue weighted by atomic mass is 35.5. The molecule has 0 aliphatic heterocycles. The van der Waals surface area contributed by atoms with Crippen molar-refractivity contribution in [3.63, 3.8) is 0 Å². The van der Waals surface area contributed by atoms with Gasteiger partial charge < -0.3 is 0 Å². The monoisotopic (exact) mass is 340 g/mol. The van der Waals surface area contributed by atoms with Gasteiger partial charge in [0.15, 0.2) is 5.78 Å². The van der Waals surface area contributed by atoms with Crippen LogP contribution in [0, 0.1) is 17.0 Å². The lowest BCUT2D eigenvalue weighted by Gasteiger charge is -2.06. The number of non-ortho nitro benzene ring substituents is 1. The number of aryl methyl sites for hydroxylation is 1. The number of carbonyl (C=O) groups excluding carboxylic acids is 1. The van der Waals surface area contributed by atoms with Crippen molar-refractivity contribution in [2.75, 3.05) is 0 Å². The Balaban J connectivity index is 2.53. The summed E-state index contributed by atoms with van der Waals surface area (Å²) >= 11 is 5.63. The van der Waals surface area contributed by atoms with E-state index in [4.69, 9.17) is 11.6 Å². The molecule has 7 nitrogen and oxygen atoms in total. The molecule has 0 aromatic heterocycles. The fourth-order valence-corrected chi connectivity index (χ4v) is 3.12. The minimum Gasteiger partial charge on any atom is -0.288 e. The van der Waals surface area contributed by atoms with Gasteiger partial charge in [0.1, 0.15) is 0 Å². The van der Waals surface area contributed by atoms with E-state index >= 15 is 0 Å². The lowest BCUT2D eigenvalue weighted by Crippen LogP contribution is -2.08. The van der Waals surface area contributed by atoms with Crippen LogP contribution in [-0.2, 0) is 14.8 Å². The number of benzene rings is 1. The van der Waals surface area contributed by atoms with E-state index < -0.39 is 20.7 Å². The summed E-state index contributed by atoms with van der Waals surface area (Å²) in [6.07, 6.45) is 3.42. The first-order valence-electron chi connectivity index (χ1n) is 5.90. The zero-order valence-corrected chi connectivity index (χ0v) is 12.8. The van der Waals surface area contributed by atoms with Crippen LogP contribution in [0.3, 0.4) is 0 Å². The summed E-state index contributed by atoms with van der Waals surface area (Å²) in [4.78, 5) is 21.0. The van der Waals surface area contributed by atoms with E-state index in [-0.39, 0.29) is 21.3 Å². The van der Waals surface area contributed by atoms with Crippen molar-refractivity contribution in [2.45, 2.75) is 11.8 Å². The van der Waals surface area contributed by atoms with E-state index in [1.165, 1.54) is 25.1 Å². The predicted octanol–water partition coefficient (Wildman–Crippen LogP) is 2.29. The van der Waals surface area contributed by atoms with Gasteiger partial charge in [-0.3, -0.25) is 14.9 Å². The van der Waals surface area contributed by atoms with Crippen molar-refractivity contribution >= 4 is 38.8 Å². The fourth-order valence-electron chi connectivity index (χ4n) is 1.71. The highest BCUT2D eigenvalue weighted by Gasteiger charge is 2.21. The number of allylic oxidation sites excluding steroid dienone is 4. The minimum atomic E-state index is -4.17. The number of ketones is 1. The van der Waals surface area contributed by atoms with E-state index in [2.05, 4.69) is 4.40 Å². The van der Waals surface area contributed by atoms with Crippen LogP contribution in [0.4, 0.5) is 5.69 Å². The molecule has 0 fully saturated rings. The Morgan fingerprint density at radius 1 is 1.27 bits per heavy atom. The maximum Gasteiger partial charge on any atom is 0.283 e. The van der Waals surface area contributed by atoms with Crippen LogP contribution in [0.2, 0.25) is 0 Å². The Hall–Kier alpha value is -2.32. The standard InChI is InChI=1S/C13H9ClN2O5S/c1-8-2-4-10(16(18)19)7-13(8)22(20,21)15-9-3-5-12(17)11(14)6-9/h2-7H,1H3. The van der Waals surface area contributed by atoms with Crippen LogP contribution in [-0.4, -0.2) is 24.8 Å². The molecular formula is C13H9ClN2O5S. The van der Waals surface area contributed by atoms with Crippen LogP contribution in [0.1, 0.15) is 5.56 Å². The van der Waals surface area contributed by atoms with Crippen molar-refractivity contribution in [3.8, 4) is 0 Å². The molecule has 0 amide bonds. The molecule has 2 rings (SSSR count).